The van der Waals surface area contributed by atoms with E-state index in [2.05, 4.69) is 0 Å². The minimum Gasteiger partial charge on any atom is -0.492 e. The van der Waals surface area contributed by atoms with Gasteiger partial charge in [-0.15, -0.1) is 0 Å². The molecule has 0 atom stereocenters. The van der Waals surface area contributed by atoms with Crippen LogP contribution in [0.1, 0.15) is 12.5 Å². The lowest BCUT2D eigenvalue weighted by atomic mass is 10.1. The molecule has 0 spiro atoms. The van der Waals surface area contributed by atoms with Gasteiger partial charge in [-0.3, -0.25) is 0 Å². The van der Waals surface area contributed by atoms with Crippen molar-refractivity contribution in [1.82, 2.24) is 0 Å². The lowest BCUT2D eigenvalue weighted by Gasteiger charge is -2.09. The first kappa shape index (κ1) is 12.1. The van der Waals surface area contributed by atoms with Crippen LogP contribution < -0.4 is 4.74 Å². The van der Waals surface area contributed by atoms with Crippen LogP contribution in [0.4, 0.5) is 0 Å². The van der Waals surface area contributed by atoms with Crippen molar-refractivity contribution < 1.29 is 13.2 Å². The number of para-hydroxylation sites is 1. The molecule has 0 heterocycles. The van der Waals surface area contributed by atoms with E-state index in [0.29, 0.717) is 23.8 Å². The third-order valence-electron chi connectivity index (χ3n) is 1.78. The first-order valence-corrected chi connectivity index (χ1v) is 5.98. The van der Waals surface area contributed by atoms with Crippen LogP contribution in [0.2, 0.25) is 5.02 Å². The molecular weight excluding hydrogens is 236 g/mol. The maximum absolute atomic E-state index is 10.4. The average molecular weight is 247 g/mol. The molecule has 0 aliphatic rings. The van der Waals surface area contributed by atoms with Gasteiger partial charge in [0.25, 0.3) is 0 Å². The van der Waals surface area contributed by atoms with Gasteiger partial charge < -0.3 is 4.74 Å². The zero-order valence-electron chi connectivity index (χ0n) is 8.23. The number of benzene rings is 1. The van der Waals surface area contributed by atoms with Crippen molar-refractivity contribution in [3.63, 3.8) is 0 Å². The molecule has 1 aromatic rings. The Kier molecular flexibility index (Phi) is 4.65. The molecule has 3 nitrogen and oxygen atoms in total. The van der Waals surface area contributed by atoms with Crippen molar-refractivity contribution in [2.24, 2.45) is 0 Å². The van der Waals surface area contributed by atoms with Crippen molar-refractivity contribution in [1.29, 1.82) is 0 Å². The number of hydrogen-bond donors (Lipinski definition) is 0. The SMILES string of the molecule is CCOc1c(Cl)cccc1CC=S(=O)=O. The van der Waals surface area contributed by atoms with Gasteiger partial charge in [-0.25, -0.2) is 0 Å². The molecule has 0 unspecified atom stereocenters. The van der Waals surface area contributed by atoms with Gasteiger partial charge in [-0.2, -0.15) is 8.42 Å². The van der Waals surface area contributed by atoms with E-state index >= 15 is 0 Å². The Morgan fingerprint density at radius 1 is 1.47 bits per heavy atom. The van der Waals surface area contributed by atoms with E-state index in [-0.39, 0.29) is 0 Å². The highest BCUT2D eigenvalue weighted by molar-refractivity contribution is 7.71. The van der Waals surface area contributed by atoms with E-state index in [9.17, 15) is 8.42 Å². The molecule has 0 saturated heterocycles. The van der Waals surface area contributed by atoms with Crippen LogP contribution in [-0.4, -0.2) is 20.4 Å². The largest absolute Gasteiger partial charge is 0.492 e. The fourth-order valence-corrected chi connectivity index (χ4v) is 1.74. The molecule has 82 valence electrons. The molecule has 15 heavy (non-hydrogen) atoms. The summed E-state index contributed by atoms with van der Waals surface area (Å²) in [6, 6.07) is 5.27. The van der Waals surface area contributed by atoms with Gasteiger partial charge in [0.05, 0.1) is 11.6 Å². The highest BCUT2D eigenvalue weighted by Crippen LogP contribution is 2.28. The Morgan fingerprint density at radius 3 is 2.80 bits per heavy atom. The standard InChI is InChI=1S/C10H11ClO3S/c1-2-14-10-8(6-7-15(12)13)4-3-5-9(10)11/h3-5,7H,2,6H2,1H3. The van der Waals surface area contributed by atoms with Crippen LogP contribution in [0.15, 0.2) is 18.2 Å². The highest BCUT2D eigenvalue weighted by Gasteiger charge is 2.06. The zero-order chi connectivity index (χ0) is 11.3. The number of hydrogen-bond acceptors (Lipinski definition) is 3. The Labute approximate surface area is 95.2 Å². The molecule has 0 N–H and O–H groups in total. The average Bonchev–Trinajstić information content (AvgIpc) is 2.19. The van der Waals surface area contributed by atoms with E-state index in [1.54, 1.807) is 18.2 Å². The third-order valence-corrected chi connectivity index (χ3v) is 2.51. The molecule has 0 aliphatic heterocycles. The van der Waals surface area contributed by atoms with Gasteiger partial charge >= 0.3 is 0 Å². The second-order valence-corrected chi connectivity index (χ2v) is 4.05. The Balaban J connectivity index is 3.05. The van der Waals surface area contributed by atoms with Gasteiger partial charge in [-0.05, 0) is 13.0 Å². The minimum atomic E-state index is -2.16. The zero-order valence-corrected chi connectivity index (χ0v) is 9.81. The molecule has 1 rings (SSSR count). The van der Waals surface area contributed by atoms with Crippen LogP contribution in [0, 0.1) is 0 Å². The van der Waals surface area contributed by atoms with Gasteiger partial charge in [0.2, 0.25) is 10.3 Å². The van der Waals surface area contributed by atoms with E-state index in [4.69, 9.17) is 16.3 Å². The van der Waals surface area contributed by atoms with Crippen molar-refractivity contribution in [3.8, 4) is 5.75 Å². The molecule has 0 aliphatic carbocycles. The van der Waals surface area contributed by atoms with Crippen LogP contribution in [0.25, 0.3) is 0 Å². The highest BCUT2D eigenvalue weighted by atomic mass is 35.5. The van der Waals surface area contributed by atoms with E-state index < -0.39 is 10.3 Å². The predicted octanol–water partition coefficient (Wildman–Crippen LogP) is 1.96. The molecule has 0 radical (unpaired) electrons. The van der Waals surface area contributed by atoms with Crippen LogP contribution >= 0.6 is 11.6 Å². The van der Waals surface area contributed by atoms with Gasteiger partial charge in [0.15, 0.2) is 0 Å². The molecule has 0 saturated carbocycles. The molecule has 5 heteroatoms. The van der Waals surface area contributed by atoms with Gasteiger partial charge in [0, 0.05) is 17.4 Å². The second kappa shape index (κ2) is 5.78. The van der Waals surface area contributed by atoms with Crippen LogP contribution in [0.3, 0.4) is 0 Å². The molecular formula is C10H11ClO3S. The van der Waals surface area contributed by atoms with Gasteiger partial charge in [-0.1, -0.05) is 23.7 Å². The Hall–Kier alpha value is -1.00. The molecule has 0 amide bonds. The fraction of sp³-hybridized carbons (Fsp3) is 0.300. The molecule has 0 aromatic heterocycles. The fourth-order valence-electron chi connectivity index (χ4n) is 1.18. The number of rotatable bonds is 4. The van der Waals surface area contributed by atoms with Crippen molar-refractivity contribution in [2.75, 3.05) is 6.61 Å². The lowest BCUT2D eigenvalue weighted by molar-refractivity contribution is 0.337. The van der Waals surface area contributed by atoms with Crippen molar-refractivity contribution >= 4 is 27.3 Å². The Morgan fingerprint density at radius 2 is 2.20 bits per heavy atom. The maximum Gasteiger partial charge on any atom is 0.210 e. The van der Waals surface area contributed by atoms with E-state index in [0.717, 1.165) is 5.56 Å². The summed E-state index contributed by atoms with van der Waals surface area (Å²) in [5.41, 5.74) is 0.772. The second-order valence-electron chi connectivity index (χ2n) is 2.79. The number of halogens is 1. The quantitative estimate of drug-likeness (QED) is 0.763. The lowest BCUT2D eigenvalue weighted by Crippen LogP contribution is -1.98. The summed E-state index contributed by atoms with van der Waals surface area (Å²) in [6.45, 7) is 2.35. The minimum absolute atomic E-state index is 0.298. The summed E-state index contributed by atoms with van der Waals surface area (Å²) in [7, 11) is -2.16. The number of ether oxygens (including phenoxy) is 1. The summed E-state index contributed by atoms with van der Waals surface area (Å²) >= 11 is 5.93. The first-order chi connectivity index (χ1) is 7.15. The van der Waals surface area contributed by atoms with Crippen molar-refractivity contribution in [3.05, 3.63) is 28.8 Å². The molecule has 0 bridgehead atoms. The topological polar surface area (TPSA) is 43.4 Å². The van der Waals surface area contributed by atoms with E-state index in [1.807, 2.05) is 6.92 Å². The predicted molar refractivity (Wildman–Crippen MR) is 61.3 cm³/mol. The first-order valence-electron chi connectivity index (χ1n) is 4.46. The van der Waals surface area contributed by atoms with Crippen molar-refractivity contribution in [2.45, 2.75) is 13.3 Å². The van der Waals surface area contributed by atoms with E-state index in [1.165, 1.54) is 5.37 Å². The molecule has 1 aromatic carbocycles. The smallest absolute Gasteiger partial charge is 0.210 e. The van der Waals surface area contributed by atoms with Crippen LogP contribution in [0.5, 0.6) is 5.75 Å². The Bertz CT molecular complexity index is 458. The monoisotopic (exact) mass is 246 g/mol. The van der Waals surface area contributed by atoms with Gasteiger partial charge in [0.1, 0.15) is 5.75 Å². The summed E-state index contributed by atoms with van der Waals surface area (Å²) < 4.78 is 26.1. The normalized spacial score (nSPS) is 9.73. The summed E-state index contributed by atoms with van der Waals surface area (Å²) in [5.74, 6) is 0.559. The third kappa shape index (κ3) is 3.57. The molecule has 0 fully saturated rings. The summed E-state index contributed by atoms with van der Waals surface area (Å²) in [6.07, 6.45) is 0.298. The summed E-state index contributed by atoms with van der Waals surface area (Å²) in [4.78, 5) is 0. The maximum atomic E-state index is 10.4. The van der Waals surface area contributed by atoms with Crippen LogP contribution in [-0.2, 0) is 16.7 Å². The summed E-state index contributed by atoms with van der Waals surface area (Å²) in [5, 5.41) is 1.67.